The first kappa shape index (κ1) is 21.0. The van der Waals surface area contributed by atoms with Crippen LogP contribution in [0.1, 0.15) is 12.8 Å². The Balaban J connectivity index is 1.62. The zero-order valence-electron chi connectivity index (χ0n) is 17.3. The molecule has 32 heavy (non-hydrogen) atoms. The maximum atomic E-state index is 13.4. The monoisotopic (exact) mass is 472 g/mol. The van der Waals surface area contributed by atoms with Gasteiger partial charge in [-0.05, 0) is 43.2 Å². The number of ether oxygens (including phenoxy) is 2. The van der Waals surface area contributed by atoms with Crippen molar-refractivity contribution in [3.63, 3.8) is 0 Å². The third kappa shape index (κ3) is 3.66. The van der Waals surface area contributed by atoms with E-state index in [1.54, 1.807) is 36.5 Å². The van der Waals surface area contributed by atoms with Gasteiger partial charge in [0.05, 0.1) is 29.1 Å². The van der Waals surface area contributed by atoms with Gasteiger partial charge in [-0.1, -0.05) is 11.6 Å². The number of pyridine rings is 1. The molecule has 1 aliphatic heterocycles. The Kier molecular flexibility index (Phi) is 5.40. The summed E-state index contributed by atoms with van der Waals surface area (Å²) in [6, 6.07) is 10.5. The minimum Gasteiger partial charge on any atom is -0.495 e. The third-order valence-corrected chi connectivity index (χ3v) is 8.23. The molecular formula is C22H21ClN4O4S. The van der Waals surface area contributed by atoms with Crippen molar-refractivity contribution in [2.24, 2.45) is 0 Å². The molecule has 0 unspecified atom stereocenters. The Morgan fingerprint density at radius 3 is 2.75 bits per heavy atom. The summed E-state index contributed by atoms with van der Waals surface area (Å²) in [7, 11) is -2.15. The van der Waals surface area contributed by atoms with E-state index < -0.39 is 15.1 Å². The zero-order chi connectivity index (χ0) is 22.3. The molecule has 0 radical (unpaired) electrons. The molecule has 5 rings (SSSR count). The number of rotatable bonds is 5. The van der Waals surface area contributed by atoms with E-state index in [0.29, 0.717) is 53.5 Å². The Morgan fingerprint density at radius 1 is 1.16 bits per heavy atom. The molecule has 0 bridgehead atoms. The van der Waals surface area contributed by atoms with Gasteiger partial charge in [-0.3, -0.25) is 10.1 Å². The second kappa shape index (κ2) is 8.23. The van der Waals surface area contributed by atoms with Crippen LogP contribution in [0.4, 0.5) is 11.5 Å². The Morgan fingerprint density at radius 2 is 1.97 bits per heavy atom. The number of aromatic amines is 1. The molecule has 10 heteroatoms. The van der Waals surface area contributed by atoms with Gasteiger partial charge >= 0.3 is 0 Å². The predicted octanol–water partition coefficient (Wildman–Crippen LogP) is 4.47. The minimum absolute atomic E-state index is 0.161. The summed E-state index contributed by atoms with van der Waals surface area (Å²) in [4.78, 5) is 4.57. The topological polar surface area (TPSA) is 106 Å². The normalized spacial score (nSPS) is 15.3. The number of anilines is 2. The number of sulfone groups is 1. The molecule has 166 valence electrons. The lowest BCUT2D eigenvalue weighted by Crippen LogP contribution is -2.29. The average molecular weight is 473 g/mol. The summed E-state index contributed by atoms with van der Waals surface area (Å²) < 4.78 is 37.7. The quantitative estimate of drug-likeness (QED) is 0.441. The van der Waals surface area contributed by atoms with E-state index in [1.165, 1.54) is 7.11 Å². The molecule has 0 spiro atoms. The molecule has 2 aromatic heterocycles. The highest BCUT2D eigenvalue weighted by Crippen LogP contribution is 2.37. The van der Waals surface area contributed by atoms with Crippen LogP contribution in [-0.4, -0.2) is 49.2 Å². The fraction of sp³-hybridized carbons (Fsp3) is 0.273. The van der Waals surface area contributed by atoms with Crippen LogP contribution in [0.15, 0.2) is 47.5 Å². The number of benzene rings is 2. The summed E-state index contributed by atoms with van der Waals surface area (Å²) in [5.74, 6) is 0.891. The van der Waals surface area contributed by atoms with Crippen molar-refractivity contribution in [1.82, 2.24) is 15.2 Å². The van der Waals surface area contributed by atoms with Crippen LogP contribution in [0.3, 0.4) is 0 Å². The maximum Gasteiger partial charge on any atom is 0.185 e. The van der Waals surface area contributed by atoms with Gasteiger partial charge in [-0.25, -0.2) is 8.42 Å². The number of nitrogens with zero attached hydrogens (tertiary/aromatic N) is 2. The highest BCUT2D eigenvalue weighted by atomic mass is 35.5. The number of H-pyrrole nitrogens is 1. The smallest absolute Gasteiger partial charge is 0.185 e. The van der Waals surface area contributed by atoms with Gasteiger partial charge < -0.3 is 14.8 Å². The van der Waals surface area contributed by atoms with Crippen molar-refractivity contribution < 1.29 is 17.9 Å². The molecule has 1 aliphatic rings. The van der Waals surface area contributed by atoms with Gasteiger partial charge in [-0.2, -0.15) is 5.10 Å². The van der Waals surface area contributed by atoms with Gasteiger partial charge in [0, 0.05) is 41.3 Å². The molecule has 0 aliphatic carbocycles. The van der Waals surface area contributed by atoms with Gasteiger partial charge in [0.25, 0.3) is 0 Å². The van der Waals surface area contributed by atoms with Crippen LogP contribution < -0.4 is 10.1 Å². The second-order valence-electron chi connectivity index (χ2n) is 7.62. The zero-order valence-corrected chi connectivity index (χ0v) is 18.8. The van der Waals surface area contributed by atoms with E-state index in [9.17, 15) is 8.42 Å². The van der Waals surface area contributed by atoms with Crippen LogP contribution in [0.2, 0.25) is 5.02 Å². The predicted molar refractivity (Wildman–Crippen MR) is 124 cm³/mol. The lowest BCUT2D eigenvalue weighted by Gasteiger charge is -2.23. The average Bonchev–Trinajstić information content (AvgIpc) is 3.20. The number of fused-ring (bicyclic) bond motifs is 2. The standard InChI is InChI=1S/C22H21ClN4O4S/c1-30-20-12-18-16(11-21(20)32(28,29)14-5-8-31-9-6-14)17(4-7-24-18)25-22-15-3-2-13(23)10-19(15)26-27-22/h2-4,7,10-12,14H,5-6,8-9H2,1H3,(H2,24,25,26,27). The third-order valence-electron chi connectivity index (χ3n) is 5.72. The molecule has 1 fully saturated rings. The Bertz CT molecular complexity index is 1410. The first-order valence-electron chi connectivity index (χ1n) is 10.2. The van der Waals surface area contributed by atoms with E-state index in [2.05, 4.69) is 20.5 Å². The summed E-state index contributed by atoms with van der Waals surface area (Å²) in [5, 5.41) is 12.2. The van der Waals surface area contributed by atoms with Crippen molar-refractivity contribution in [2.45, 2.75) is 23.0 Å². The molecule has 0 amide bonds. The first-order chi connectivity index (χ1) is 15.5. The van der Waals surface area contributed by atoms with E-state index in [0.717, 1.165) is 10.9 Å². The number of hydrogen-bond acceptors (Lipinski definition) is 7. The Hall–Kier alpha value is -2.88. The van der Waals surface area contributed by atoms with Gasteiger partial charge in [0.2, 0.25) is 0 Å². The summed E-state index contributed by atoms with van der Waals surface area (Å²) >= 11 is 6.07. The fourth-order valence-electron chi connectivity index (χ4n) is 4.02. The maximum absolute atomic E-state index is 13.4. The van der Waals surface area contributed by atoms with Crippen LogP contribution >= 0.6 is 11.6 Å². The molecule has 0 saturated carbocycles. The lowest BCUT2D eigenvalue weighted by atomic mass is 10.1. The molecule has 0 atom stereocenters. The van der Waals surface area contributed by atoms with Gasteiger partial charge in [0.15, 0.2) is 15.7 Å². The molecule has 2 N–H and O–H groups in total. The van der Waals surface area contributed by atoms with E-state index in [-0.39, 0.29) is 10.6 Å². The van der Waals surface area contributed by atoms with Crippen molar-refractivity contribution in [1.29, 1.82) is 0 Å². The first-order valence-corrected chi connectivity index (χ1v) is 12.1. The van der Waals surface area contributed by atoms with E-state index in [4.69, 9.17) is 21.1 Å². The largest absolute Gasteiger partial charge is 0.495 e. The van der Waals surface area contributed by atoms with E-state index >= 15 is 0 Å². The lowest BCUT2D eigenvalue weighted by molar-refractivity contribution is 0.0983. The summed E-state index contributed by atoms with van der Waals surface area (Å²) in [6.45, 7) is 0.870. The molecule has 1 saturated heterocycles. The summed E-state index contributed by atoms with van der Waals surface area (Å²) in [6.07, 6.45) is 2.58. The SMILES string of the molecule is COc1cc2nccc(Nc3n[nH]c4cc(Cl)ccc34)c2cc1S(=O)(=O)C1CCOCC1. The summed E-state index contributed by atoms with van der Waals surface area (Å²) in [5.41, 5.74) is 2.09. The molecule has 4 aromatic rings. The van der Waals surface area contributed by atoms with Crippen molar-refractivity contribution in [3.05, 3.63) is 47.6 Å². The van der Waals surface area contributed by atoms with Gasteiger partial charge in [-0.15, -0.1) is 0 Å². The van der Waals surface area contributed by atoms with Crippen LogP contribution in [-0.2, 0) is 14.6 Å². The van der Waals surface area contributed by atoms with Gasteiger partial charge in [0.1, 0.15) is 10.6 Å². The number of hydrogen-bond donors (Lipinski definition) is 2. The number of nitrogens with one attached hydrogen (secondary N) is 2. The second-order valence-corrected chi connectivity index (χ2v) is 10.3. The molecule has 8 nitrogen and oxygen atoms in total. The van der Waals surface area contributed by atoms with Crippen molar-refractivity contribution in [2.75, 3.05) is 25.6 Å². The molecule has 2 aromatic carbocycles. The van der Waals surface area contributed by atoms with Crippen molar-refractivity contribution in [3.8, 4) is 5.75 Å². The number of aromatic nitrogens is 3. The van der Waals surface area contributed by atoms with Crippen LogP contribution in [0, 0.1) is 0 Å². The van der Waals surface area contributed by atoms with E-state index in [1.807, 2.05) is 6.07 Å². The highest BCUT2D eigenvalue weighted by molar-refractivity contribution is 7.92. The number of halogens is 1. The van der Waals surface area contributed by atoms with Crippen LogP contribution in [0.25, 0.3) is 21.8 Å². The van der Waals surface area contributed by atoms with Crippen molar-refractivity contribution >= 4 is 54.7 Å². The number of methoxy groups -OCH3 is 1. The minimum atomic E-state index is -3.61. The van der Waals surface area contributed by atoms with Crippen LogP contribution in [0.5, 0.6) is 5.75 Å². The molecular weight excluding hydrogens is 452 g/mol. The molecule has 3 heterocycles. The Labute approximate surface area is 189 Å². The fourth-order valence-corrected chi connectivity index (χ4v) is 6.07. The highest BCUT2D eigenvalue weighted by Gasteiger charge is 2.32.